The molecule has 4 N–H and O–H groups in total. The molecule has 92 valence electrons. The van der Waals surface area contributed by atoms with Gasteiger partial charge in [0, 0.05) is 24.0 Å². The number of nitrogens with zero attached hydrogens (tertiary/aromatic N) is 2. The minimum absolute atomic E-state index is 0.250. The molecule has 18 heavy (non-hydrogen) atoms. The number of carbonyl (C=O) groups is 2. The Morgan fingerprint density at radius 2 is 2.17 bits per heavy atom. The van der Waals surface area contributed by atoms with Gasteiger partial charge in [-0.25, -0.2) is 4.79 Å². The Bertz CT molecular complexity index is 648. The predicted molar refractivity (Wildman–Crippen MR) is 66.0 cm³/mol. The van der Waals surface area contributed by atoms with Gasteiger partial charge in [0.05, 0.1) is 5.52 Å². The van der Waals surface area contributed by atoms with Crippen molar-refractivity contribution in [2.45, 2.75) is 6.42 Å². The number of aromatic amines is 1. The van der Waals surface area contributed by atoms with Crippen LogP contribution in [0.25, 0.3) is 10.9 Å². The maximum Gasteiger partial charge on any atom is 0.328 e. The van der Waals surface area contributed by atoms with Gasteiger partial charge >= 0.3 is 6.03 Å². The third-order valence-corrected chi connectivity index (χ3v) is 2.94. The Labute approximate surface area is 102 Å². The fourth-order valence-electron chi connectivity index (χ4n) is 2.00. The van der Waals surface area contributed by atoms with E-state index in [1.54, 1.807) is 18.2 Å². The number of amides is 3. The minimum Gasteiger partial charge on any atom is -0.382 e. The second kappa shape index (κ2) is 3.73. The van der Waals surface area contributed by atoms with E-state index < -0.39 is 6.03 Å². The molecule has 1 aromatic carbocycles. The fourth-order valence-corrected chi connectivity index (χ4v) is 2.00. The summed E-state index contributed by atoms with van der Waals surface area (Å²) in [4.78, 5) is 24.3. The van der Waals surface area contributed by atoms with E-state index >= 15 is 0 Å². The monoisotopic (exact) mass is 245 g/mol. The number of carbonyl (C=O) groups excluding carboxylic acids is 2. The molecule has 3 amide bonds. The number of rotatable bonds is 1. The highest BCUT2D eigenvalue weighted by atomic mass is 16.2. The van der Waals surface area contributed by atoms with Gasteiger partial charge in [-0.2, -0.15) is 5.10 Å². The zero-order valence-corrected chi connectivity index (χ0v) is 9.43. The minimum atomic E-state index is -0.410. The number of nitrogens with one attached hydrogen (secondary N) is 2. The standard InChI is InChI=1S/C11H11N5O2/c12-10-7-5-6(1-2-8(7)14-15-10)16-4-3-9(17)13-11(16)18/h1-2,5H,3-4H2,(H3,12,14,15)(H,13,17,18). The van der Waals surface area contributed by atoms with Gasteiger partial charge in [0.1, 0.15) is 0 Å². The number of urea groups is 1. The van der Waals surface area contributed by atoms with Crippen LogP contribution in [-0.2, 0) is 4.79 Å². The van der Waals surface area contributed by atoms with Gasteiger partial charge in [0.2, 0.25) is 5.91 Å². The summed E-state index contributed by atoms with van der Waals surface area (Å²) in [6, 6.07) is 4.96. The largest absolute Gasteiger partial charge is 0.382 e. The average molecular weight is 245 g/mol. The Kier molecular flexibility index (Phi) is 2.19. The number of hydrogen-bond acceptors (Lipinski definition) is 4. The molecule has 7 heteroatoms. The molecule has 2 heterocycles. The summed E-state index contributed by atoms with van der Waals surface area (Å²) >= 11 is 0. The molecule has 0 bridgehead atoms. The Morgan fingerprint density at radius 3 is 2.94 bits per heavy atom. The number of anilines is 2. The van der Waals surface area contributed by atoms with Gasteiger partial charge < -0.3 is 5.73 Å². The maximum atomic E-state index is 11.7. The van der Waals surface area contributed by atoms with Crippen LogP contribution in [0.3, 0.4) is 0 Å². The Morgan fingerprint density at radius 1 is 1.33 bits per heavy atom. The first-order valence-electron chi connectivity index (χ1n) is 5.50. The van der Waals surface area contributed by atoms with Crippen molar-refractivity contribution in [3.05, 3.63) is 18.2 Å². The summed E-state index contributed by atoms with van der Waals surface area (Å²) in [6.45, 7) is 0.369. The lowest BCUT2D eigenvalue weighted by Crippen LogP contribution is -2.49. The van der Waals surface area contributed by atoms with Crippen LogP contribution >= 0.6 is 0 Å². The van der Waals surface area contributed by atoms with Crippen molar-refractivity contribution < 1.29 is 9.59 Å². The molecule has 3 rings (SSSR count). The highest BCUT2D eigenvalue weighted by Gasteiger charge is 2.24. The average Bonchev–Trinajstić information content (AvgIpc) is 2.71. The molecule has 0 spiro atoms. The summed E-state index contributed by atoms with van der Waals surface area (Å²) < 4.78 is 0. The molecule has 1 aromatic heterocycles. The van der Waals surface area contributed by atoms with Gasteiger partial charge in [-0.05, 0) is 18.2 Å². The lowest BCUT2D eigenvalue weighted by atomic mass is 10.2. The topological polar surface area (TPSA) is 104 Å². The number of aromatic nitrogens is 2. The van der Waals surface area contributed by atoms with Gasteiger partial charge in [-0.15, -0.1) is 0 Å². The highest BCUT2D eigenvalue weighted by molar-refractivity contribution is 6.06. The molecule has 1 aliphatic rings. The van der Waals surface area contributed by atoms with Gasteiger partial charge in [-0.1, -0.05) is 0 Å². The Balaban J connectivity index is 2.01. The molecule has 1 aliphatic heterocycles. The van der Waals surface area contributed by atoms with E-state index in [1.165, 1.54) is 4.90 Å². The maximum absolute atomic E-state index is 11.7. The zero-order valence-electron chi connectivity index (χ0n) is 9.43. The number of imide groups is 1. The van der Waals surface area contributed by atoms with Crippen molar-refractivity contribution in [2.75, 3.05) is 17.2 Å². The van der Waals surface area contributed by atoms with Crippen LogP contribution in [-0.4, -0.2) is 28.7 Å². The van der Waals surface area contributed by atoms with E-state index in [1.807, 2.05) is 0 Å². The third-order valence-electron chi connectivity index (χ3n) is 2.94. The SMILES string of the molecule is Nc1n[nH]c2ccc(N3CCC(=O)NC3=O)cc12. The summed E-state index contributed by atoms with van der Waals surface area (Å²) in [5.74, 6) is 0.139. The van der Waals surface area contributed by atoms with Crippen LogP contribution in [0.15, 0.2) is 18.2 Å². The first kappa shape index (κ1) is 10.6. The molecule has 0 aliphatic carbocycles. The molecule has 0 atom stereocenters. The zero-order chi connectivity index (χ0) is 12.7. The van der Waals surface area contributed by atoms with Gasteiger partial charge in [0.15, 0.2) is 5.82 Å². The fraction of sp³-hybridized carbons (Fsp3) is 0.182. The van der Waals surface area contributed by atoms with E-state index in [9.17, 15) is 9.59 Å². The number of nitrogens with two attached hydrogens (primary N) is 1. The van der Waals surface area contributed by atoms with E-state index in [0.717, 1.165) is 10.9 Å². The van der Waals surface area contributed by atoms with E-state index in [4.69, 9.17) is 5.73 Å². The van der Waals surface area contributed by atoms with E-state index in [0.29, 0.717) is 24.5 Å². The molecular formula is C11H11N5O2. The van der Waals surface area contributed by atoms with Crippen molar-refractivity contribution in [1.29, 1.82) is 0 Å². The summed E-state index contributed by atoms with van der Waals surface area (Å²) in [7, 11) is 0. The summed E-state index contributed by atoms with van der Waals surface area (Å²) in [5, 5.41) is 9.72. The van der Waals surface area contributed by atoms with Crippen LogP contribution < -0.4 is 16.0 Å². The van der Waals surface area contributed by atoms with Crippen molar-refractivity contribution in [2.24, 2.45) is 0 Å². The number of H-pyrrole nitrogens is 1. The lowest BCUT2D eigenvalue weighted by Gasteiger charge is -2.26. The van der Waals surface area contributed by atoms with Crippen LogP contribution in [0.2, 0.25) is 0 Å². The molecule has 1 saturated heterocycles. The molecule has 0 radical (unpaired) electrons. The second-order valence-corrected chi connectivity index (χ2v) is 4.09. The van der Waals surface area contributed by atoms with Crippen LogP contribution in [0.1, 0.15) is 6.42 Å². The quantitative estimate of drug-likeness (QED) is 0.683. The van der Waals surface area contributed by atoms with E-state index in [-0.39, 0.29) is 5.91 Å². The van der Waals surface area contributed by atoms with Crippen LogP contribution in [0, 0.1) is 0 Å². The van der Waals surface area contributed by atoms with Crippen molar-refractivity contribution in [3.63, 3.8) is 0 Å². The number of hydrogen-bond donors (Lipinski definition) is 3. The highest BCUT2D eigenvalue weighted by Crippen LogP contribution is 2.25. The Hall–Kier alpha value is -2.57. The summed E-state index contributed by atoms with van der Waals surface area (Å²) in [5.41, 5.74) is 7.22. The van der Waals surface area contributed by atoms with Crippen LogP contribution in [0.5, 0.6) is 0 Å². The molecule has 0 unspecified atom stereocenters. The number of benzene rings is 1. The molecule has 1 fully saturated rings. The lowest BCUT2D eigenvalue weighted by molar-refractivity contribution is -0.120. The third kappa shape index (κ3) is 1.56. The first-order valence-corrected chi connectivity index (χ1v) is 5.50. The summed E-state index contributed by atoms with van der Waals surface area (Å²) in [6.07, 6.45) is 0.296. The van der Waals surface area contributed by atoms with Gasteiger partial charge in [0.25, 0.3) is 0 Å². The van der Waals surface area contributed by atoms with Crippen LogP contribution in [0.4, 0.5) is 16.3 Å². The molecular weight excluding hydrogens is 234 g/mol. The second-order valence-electron chi connectivity index (χ2n) is 4.09. The molecule has 2 aromatic rings. The number of fused-ring (bicyclic) bond motifs is 1. The van der Waals surface area contributed by atoms with Crippen molar-refractivity contribution in [3.8, 4) is 0 Å². The molecule has 7 nitrogen and oxygen atoms in total. The van der Waals surface area contributed by atoms with Gasteiger partial charge in [-0.3, -0.25) is 20.1 Å². The number of nitrogen functional groups attached to an aromatic ring is 1. The van der Waals surface area contributed by atoms with Crippen molar-refractivity contribution in [1.82, 2.24) is 15.5 Å². The molecule has 0 saturated carbocycles. The normalized spacial score (nSPS) is 16.1. The van der Waals surface area contributed by atoms with Crippen molar-refractivity contribution >= 4 is 34.3 Å². The first-order chi connectivity index (χ1) is 8.65. The van der Waals surface area contributed by atoms with E-state index in [2.05, 4.69) is 15.5 Å². The smallest absolute Gasteiger partial charge is 0.328 e. The predicted octanol–water partition coefficient (Wildman–Crippen LogP) is 0.591.